The van der Waals surface area contributed by atoms with E-state index < -0.39 is 0 Å². The Labute approximate surface area is 127 Å². The molecule has 0 heterocycles. The number of rotatable bonds is 13. The Morgan fingerprint density at radius 1 is 0.857 bits per heavy atom. The molecule has 0 spiro atoms. The number of nitrogens with two attached hydrogens (primary N) is 2. The van der Waals surface area contributed by atoms with Gasteiger partial charge in [-0.1, -0.05) is 51.9 Å². The van der Waals surface area contributed by atoms with Crippen molar-refractivity contribution in [3.05, 3.63) is 0 Å². The highest BCUT2D eigenvalue weighted by Gasteiger charge is 2.18. The maximum Gasteiger partial charge on any atom is 0.327 e. The van der Waals surface area contributed by atoms with E-state index in [-0.39, 0.29) is 17.9 Å². The number of hydrogen-bond donors (Lipinski definition) is 2. The summed E-state index contributed by atoms with van der Waals surface area (Å²) in [7, 11) is 0. The van der Waals surface area contributed by atoms with Gasteiger partial charge in [0.15, 0.2) is 0 Å². The van der Waals surface area contributed by atoms with Gasteiger partial charge in [-0.05, 0) is 19.3 Å². The van der Waals surface area contributed by atoms with Gasteiger partial charge in [0.2, 0.25) is 0 Å². The monoisotopic (exact) mass is 302 g/mol. The van der Waals surface area contributed by atoms with Crippen molar-refractivity contribution in [3.8, 4) is 0 Å². The van der Waals surface area contributed by atoms with Gasteiger partial charge in [-0.15, -0.1) is 0 Å². The van der Waals surface area contributed by atoms with E-state index in [0.29, 0.717) is 6.42 Å². The van der Waals surface area contributed by atoms with Gasteiger partial charge in [-0.2, -0.15) is 11.8 Å². The van der Waals surface area contributed by atoms with Gasteiger partial charge < -0.3 is 9.68 Å². The van der Waals surface area contributed by atoms with Gasteiger partial charge in [0.25, 0.3) is 0 Å². The summed E-state index contributed by atoms with van der Waals surface area (Å²) in [4.78, 5) is 30.9. The Morgan fingerprint density at radius 3 is 1.95 bits per heavy atom. The highest BCUT2D eigenvalue weighted by atomic mass is 16.7. The summed E-state index contributed by atoms with van der Waals surface area (Å²) in [6, 6.07) is 0. The van der Waals surface area contributed by atoms with E-state index in [9.17, 15) is 9.59 Å². The molecule has 6 nitrogen and oxygen atoms in total. The Bertz CT molecular complexity index is 285. The number of carbonyl (C=O) groups excluding carboxylic acids is 2. The van der Waals surface area contributed by atoms with E-state index in [4.69, 9.17) is 11.8 Å². The topological polar surface area (TPSA) is 105 Å². The van der Waals surface area contributed by atoms with E-state index in [1.54, 1.807) is 0 Å². The molecule has 0 saturated heterocycles. The first kappa shape index (κ1) is 19.9. The zero-order chi connectivity index (χ0) is 15.9. The predicted molar refractivity (Wildman–Crippen MR) is 80.5 cm³/mol. The molecule has 1 atom stereocenters. The molecule has 0 aromatic carbocycles. The summed E-state index contributed by atoms with van der Waals surface area (Å²) in [6.45, 7) is 2.16. The van der Waals surface area contributed by atoms with Gasteiger partial charge in [-0.25, -0.2) is 0 Å². The summed E-state index contributed by atoms with van der Waals surface area (Å²) in [5, 5.41) is 0. The average Bonchev–Trinajstić information content (AvgIpc) is 2.51. The molecule has 0 bridgehead atoms. The van der Waals surface area contributed by atoms with Crippen LogP contribution in [-0.2, 0) is 19.3 Å². The molecule has 6 heteroatoms. The van der Waals surface area contributed by atoms with Crippen LogP contribution in [0.1, 0.15) is 77.6 Å². The summed E-state index contributed by atoms with van der Waals surface area (Å²) in [5.41, 5.74) is 0. The van der Waals surface area contributed by atoms with Crippen molar-refractivity contribution in [2.75, 3.05) is 0 Å². The third kappa shape index (κ3) is 11.2. The second-order valence-corrected chi connectivity index (χ2v) is 5.43. The van der Waals surface area contributed by atoms with Crippen LogP contribution in [0.3, 0.4) is 0 Å². The zero-order valence-electron chi connectivity index (χ0n) is 13.1. The third-order valence-electron chi connectivity index (χ3n) is 3.67. The molecule has 0 fully saturated rings. The summed E-state index contributed by atoms with van der Waals surface area (Å²) < 4.78 is 0. The standard InChI is InChI=1S/C15H30N2O4/c1-2-3-4-7-10-13(15(19)21-17)11-8-5-6-9-12-14(18)20-16/h13H,2-12,16-17H2,1H3. The van der Waals surface area contributed by atoms with Gasteiger partial charge in [0, 0.05) is 6.42 Å². The van der Waals surface area contributed by atoms with Gasteiger partial charge in [-0.3, -0.25) is 9.59 Å². The van der Waals surface area contributed by atoms with E-state index in [0.717, 1.165) is 51.4 Å². The normalized spacial score (nSPS) is 12.0. The first-order valence-corrected chi connectivity index (χ1v) is 7.95. The second kappa shape index (κ2) is 13.8. The third-order valence-corrected chi connectivity index (χ3v) is 3.67. The number of hydrogen-bond acceptors (Lipinski definition) is 6. The van der Waals surface area contributed by atoms with E-state index in [2.05, 4.69) is 16.6 Å². The molecular weight excluding hydrogens is 272 g/mol. The molecule has 0 aromatic rings. The average molecular weight is 302 g/mol. The van der Waals surface area contributed by atoms with Crippen LogP contribution in [0.4, 0.5) is 0 Å². The van der Waals surface area contributed by atoms with Crippen LogP contribution >= 0.6 is 0 Å². The van der Waals surface area contributed by atoms with E-state index in [1.807, 2.05) is 0 Å². The minimum absolute atomic E-state index is 0.0964. The Hall–Kier alpha value is -1.14. The molecule has 0 aromatic heterocycles. The molecule has 21 heavy (non-hydrogen) atoms. The van der Waals surface area contributed by atoms with Crippen molar-refractivity contribution in [1.82, 2.24) is 0 Å². The van der Waals surface area contributed by atoms with Crippen molar-refractivity contribution in [2.24, 2.45) is 17.7 Å². The highest BCUT2D eigenvalue weighted by molar-refractivity contribution is 5.71. The maximum absolute atomic E-state index is 11.6. The SMILES string of the molecule is CCCCCCC(CCCCCCC(=O)ON)C(=O)ON. The molecular formula is C15H30N2O4. The number of unbranched alkanes of at least 4 members (excludes halogenated alkanes) is 6. The van der Waals surface area contributed by atoms with Crippen molar-refractivity contribution in [1.29, 1.82) is 0 Å². The largest absolute Gasteiger partial charge is 0.373 e. The van der Waals surface area contributed by atoms with Crippen molar-refractivity contribution < 1.29 is 19.3 Å². The molecule has 0 aliphatic carbocycles. The van der Waals surface area contributed by atoms with Crippen molar-refractivity contribution in [3.63, 3.8) is 0 Å². The second-order valence-electron chi connectivity index (χ2n) is 5.43. The maximum atomic E-state index is 11.6. The lowest BCUT2D eigenvalue weighted by Gasteiger charge is -2.13. The number of carbonyl (C=O) groups is 2. The van der Waals surface area contributed by atoms with Crippen LogP contribution in [-0.4, -0.2) is 11.9 Å². The van der Waals surface area contributed by atoms with Crippen molar-refractivity contribution >= 4 is 11.9 Å². The zero-order valence-corrected chi connectivity index (χ0v) is 13.1. The molecule has 4 N–H and O–H groups in total. The minimum atomic E-state index is -0.379. The van der Waals surface area contributed by atoms with Crippen LogP contribution in [0.2, 0.25) is 0 Å². The fraction of sp³-hybridized carbons (Fsp3) is 0.867. The molecule has 0 amide bonds. The van der Waals surface area contributed by atoms with Gasteiger partial charge >= 0.3 is 11.9 Å². The smallest absolute Gasteiger partial charge is 0.327 e. The summed E-state index contributed by atoms with van der Waals surface area (Å²) in [6.07, 6.45) is 10.1. The molecule has 0 aliphatic heterocycles. The predicted octanol–water partition coefficient (Wildman–Crippen LogP) is 2.75. The minimum Gasteiger partial charge on any atom is -0.373 e. The molecule has 0 radical (unpaired) electrons. The first-order valence-electron chi connectivity index (χ1n) is 7.95. The van der Waals surface area contributed by atoms with Gasteiger partial charge in [0.1, 0.15) is 0 Å². The van der Waals surface area contributed by atoms with Crippen LogP contribution < -0.4 is 11.8 Å². The Kier molecular flexibility index (Phi) is 13.1. The lowest BCUT2D eigenvalue weighted by molar-refractivity contribution is -0.149. The quantitative estimate of drug-likeness (QED) is 0.400. The lowest BCUT2D eigenvalue weighted by atomic mass is 9.94. The summed E-state index contributed by atoms with van der Waals surface area (Å²) >= 11 is 0. The molecule has 0 rings (SSSR count). The molecule has 0 aliphatic rings. The lowest BCUT2D eigenvalue weighted by Crippen LogP contribution is -2.21. The first-order chi connectivity index (χ1) is 10.2. The van der Waals surface area contributed by atoms with E-state index >= 15 is 0 Å². The Balaban J connectivity index is 3.75. The molecule has 124 valence electrons. The van der Waals surface area contributed by atoms with Crippen LogP contribution in [0, 0.1) is 5.92 Å². The van der Waals surface area contributed by atoms with Crippen LogP contribution in [0.5, 0.6) is 0 Å². The van der Waals surface area contributed by atoms with Crippen molar-refractivity contribution in [2.45, 2.75) is 77.6 Å². The summed E-state index contributed by atoms with van der Waals surface area (Å²) in [5.74, 6) is 8.96. The van der Waals surface area contributed by atoms with Crippen LogP contribution in [0.15, 0.2) is 0 Å². The fourth-order valence-corrected chi connectivity index (χ4v) is 2.37. The van der Waals surface area contributed by atoms with Crippen LogP contribution in [0.25, 0.3) is 0 Å². The molecule has 0 saturated carbocycles. The fourth-order valence-electron chi connectivity index (χ4n) is 2.37. The Morgan fingerprint density at radius 2 is 1.43 bits per heavy atom. The molecule has 1 unspecified atom stereocenters. The highest BCUT2D eigenvalue weighted by Crippen LogP contribution is 2.19. The van der Waals surface area contributed by atoms with E-state index in [1.165, 1.54) is 12.8 Å². The van der Waals surface area contributed by atoms with Gasteiger partial charge in [0.05, 0.1) is 5.92 Å².